The van der Waals surface area contributed by atoms with E-state index in [9.17, 15) is 4.79 Å². The molecule has 0 bridgehead atoms. The van der Waals surface area contributed by atoms with Crippen LogP contribution in [-0.4, -0.2) is 15.3 Å². The number of hydrogen-bond acceptors (Lipinski definition) is 2. The van der Waals surface area contributed by atoms with Crippen LogP contribution in [0, 0.1) is 6.92 Å². The third-order valence-corrected chi connectivity index (χ3v) is 4.68. The highest BCUT2D eigenvalue weighted by atomic mass is 35.5. The number of hydrogen-bond donors (Lipinski definition) is 0. The number of pyridine rings is 1. The van der Waals surface area contributed by atoms with Crippen LogP contribution in [0.15, 0.2) is 85.2 Å². The topological polar surface area (TPSA) is 34.9 Å². The van der Waals surface area contributed by atoms with Gasteiger partial charge in [0.25, 0.3) is 0 Å². The molecule has 3 nitrogen and oxygen atoms in total. The molecule has 2 aromatic heterocycles. The fraction of sp³-hybridized carbons (Fsp3) is 0.0435. The van der Waals surface area contributed by atoms with E-state index in [2.05, 4.69) is 17.1 Å². The van der Waals surface area contributed by atoms with Crippen molar-refractivity contribution in [2.45, 2.75) is 6.92 Å². The summed E-state index contributed by atoms with van der Waals surface area (Å²) in [6, 6.07) is 23.0. The van der Waals surface area contributed by atoms with Gasteiger partial charge in [-0.2, -0.15) is 0 Å². The van der Waals surface area contributed by atoms with Crippen molar-refractivity contribution >= 4 is 17.4 Å². The molecule has 0 amide bonds. The normalized spacial score (nSPS) is 10.7. The molecule has 0 atom stereocenters. The maximum Gasteiger partial charge on any atom is 0.195 e. The van der Waals surface area contributed by atoms with Crippen LogP contribution in [0.25, 0.3) is 16.9 Å². The first-order chi connectivity index (χ1) is 13.1. The Morgan fingerprint density at radius 3 is 2.56 bits per heavy atom. The maximum atomic E-state index is 13.2. The average molecular weight is 373 g/mol. The molecule has 0 aliphatic heterocycles. The molecule has 0 fully saturated rings. The Morgan fingerprint density at radius 1 is 0.963 bits per heavy atom. The smallest absolute Gasteiger partial charge is 0.195 e. The summed E-state index contributed by atoms with van der Waals surface area (Å²) in [5.74, 6) is -0.0780. The lowest BCUT2D eigenvalue weighted by atomic mass is 10.0. The summed E-state index contributed by atoms with van der Waals surface area (Å²) in [7, 11) is 0. The van der Waals surface area contributed by atoms with Gasteiger partial charge >= 0.3 is 0 Å². The fourth-order valence-corrected chi connectivity index (χ4v) is 3.35. The molecule has 0 spiro atoms. The van der Waals surface area contributed by atoms with Gasteiger partial charge in [-0.05, 0) is 55.0 Å². The zero-order chi connectivity index (χ0) is 18.8. The average Bonchev–Trinajstić information content (AvgIpc) is 3.17. The van der Waals surface area contributed by atoms with Crippen molar-refractivity contribution in [2.75, 3.05) is 0 Å². The monoisotopic (exact) mass is 372 g/mol. The number of nitrogens with zero attached hydrogens (tertiary/aromatic N) is 2. The standard InChI is InChI=1S/C23H17ClN2O/c1-16-14-18(11-12-25-16)23(27)20-15-19(24)9-10-22(20)26-13-5-8-21(26)17-6-3-2-4-7-17/h2-15H,1H3. The first-order valence-electron chi connectivity index (χ1n) is 8.63. The van der Waals surface area contributed by atoms with Gasteiger partial charge in [-0.1, -0.05) is 41.9 Å². The van der Waals surface area contributed by atoms with Gasteiger partial charge in [0, 0.05) is 34.2 Å². The number of carbonyl (C=O) groups is 1. The molecule has 0 saturated heterocycles. The van der Waals surface area contributed by atoms with Gasteiger partial charge in [0.05, 0.1) is 11.4 Å². The van der Waals surface area contributed by atoms with Crippen LogP contribution < -0.4 is 0 Å². The van der Waals surface area contributed by atoms with Gasteiger partial charge in [-0.25, -0.2) is 0 Å². The van der Waals surface area contributed by atoms with E-state index in [0.29, 0.717) is 16.1 Å². The second-order valence-corrected chi connectivity index (χ2v) is 6.74. The summed E-state index contributed by atoms with van der Waals surface area (Å²) in [4.78, 5) is 17.4. The Bertz CT molecular complexity index is 1120. The highest BCUT2D eigenvalue weighted by Crippen LogP contribution is 2.28. The highest BCUT2D eigenvalue weighted by Gasteiger charge is 2.17. The fourth-order valence-electron chi connectivity index (χ4n) is 3.18. The highest BCUT2D eigenvalue weighted by molar-refractivity contribution is 6.31. The Kier molecular flexibility index (Phi) is 4.61. The van der Waals surface area contributed by atoms with Crippen molar-refractivity contribution < 1.29 is 4.79 Å². The number of carbonyl (C=O) groups excluding carboxylic acids is 1. The van der Waals surface area contributed by atoms with Crippen molar-refractivity contribution in [3.8, 4) is 16.9 Å². The molecule has 4 aromatic rings. The minimum absolute atomic E-state index is 0.0780. The summed E-state index contributed by atoms with van der Waals surface area (Å²) < 4.78 is 2.02. The van der Waals surface area contributed by atoms with Gasteiger partial charge in [0.1, 0.15) is 0 Å². The maximum absolute atomic E-state index is 13.2. The van der Waals surface area contributed by atoms with Crippen LogP contribution in [0.2, 0.25) is 5.02 Å². The van der Waals surface area contributed by atoms with Crippen LogP contribution in [0.3, 0.4) is 0 Å². The molecule has 4 heteroatoms. The van der Waals surface area contributed by atoms with Crippen molar-refractivity contribution in [3.05, 3.63) is 107 Å². The van der Waals surface area contributed by atoms with Crippen LogP contribution in [0.4, 0.5) is 0 Å². The molecule has 2 heterocycles. The zero-order valence-corrected chi connectivity index (χ0v) is 15.5. The molecule has 0 aliphatic rings. The number of aromatic nitrogens is 2. The lowest BCUT2D eigenvalue weighted by molar-refractivity contribution is 0.103. The summed E-state index contributed by atoms with van der Waals surface area (Å²) >= 11 is 6.22. The first-order valence-corrected chi connectivity index (χ1v) is 9.01. The van der Waals surface area contributed by atoms with Crippen molar-refractivity contribution in [3.63, 3.8) is 0 Å². The number of ketones is 1. The molecular weight excluding hydrogens is 356 g/mol. The van der Waals surface area contributed by atoms with Crippen molar-refractivity contribution in [2.24, 2.45) is 0 Å². The minimum Gasteiger partial charge on any atom is -0.316 e. The zero-order valence-electron chi connectivity index (χ0n) is 14.8. The molecule has 4 rings (SSSR count). The summed E-state index contributed by atoms with van der Waals surface area (Å²) in [5, 5.41) is 0.529. The number of rotatable bonds is 4. The van der Waals surface area contributed by atoms with Crippen LogP contribution >= 0.6 is 11.6 Å². The minimum atomic E-state index is -0.0780. The van der Waals surface area contributed by atoms with Gasteiger partial charge in [-0.3, -0.25) is 9.78 Å². The lowest BCUT2D eigenvalue weighted by Crippen LogP contribution is -2.08. The number of aryl methyl sites for hydroxylation is 1. The molecule has 132 valence electrons. The van der Waals surface area contributed by atoms with Crippen LogP contribution in [-0.2, 0) is 0 Å². The second-order valence-electron chi connectivity index (χ2n) is 6.31. The van der Waals surface area contributed by atoms with E-state index in [-0.39, 0.29) is 5.78 Å². The largest absolute Gasteiger partial charge is 0.316 e. The van der Waals surface area contributed by atoms with E-state index < -0.39 is 0 Å². The Hall–Kier alpha value is -3.17. The van der Waals surface area contributed by atoms with E-state index in [1.165, 1.54) is 0 Å². The van der Waals surface area contributed by atoms with Crippen molar-refractivity contribution in [1.29, 1.82) is 0 Å². The van der Waals surface area contributed by atoms with Gasteiger partial charge in [0.2, 0.25) is 0 Å². The van der Waals surface area contributed by atoms with E-state index in [1.54, 1.807) is 30.5 Å². The molecule has 2 aromatic carbocycles. The SMILES string of the molecule is Cc1cc(C(=O)c2cc(Cl)ccc2-n2cccc2-c2ccccc2)ccn1. The third-order valence-electron chi connectivity index (χ3n) is 4.44. The number of benzene rings is 2. The molecular formula is C23H17ClN2O. The summed E-state index contributed by atoms with van der Waals surface area (Å²) in [6.45, 7) is 1.87. The van der Waals surface area contributed by atoms with Gasteiger partial charge < -0.3 is 4.57 Å². The molecule has 0 radical (unpaired) electrons. The Balaban J connectivity index is 1.87. The van der Waals surface area contributed by atoms with Crippen LogP contribution in [0.5, 0.6) is 0 Å². The third kappa shape index (κ3) is 3.42. The van der Waals surface area contributed by atoms with E-state index >= 15 is 0 Å². The molecule has 27 heavy (non-hydrogen) atoms. The summed E-state index contributed by atoms with van der Waals surface area (Å²) in [5.41, 5.74) is 4.84. The van der Waals surface area contributed by atoms with Crippen molar-refractivity contribution in [1.82, 2.24) is 9.55 Å². The Morgan fingerprint density at radius 2 is 1.78 bits per heavy atom. The number of halogens is 1. The molecule has 0 aliphatic carbocycles. The second kappa shape index (κ2) is 7.22. The molecule has 0 saturated carbocycles. The van der Waals surface area contributed by atoms with Gasteiger partial charge in [0.15, 0.2) is 5.78 Å². The molecule has 0 N–H and O–H groups in total. The predicted molar refractivity (Wildman–Crippen MR) is 109 cm³/mol. The van der Waals surface area contributed by atoms with E-state index in [4.69, 9.17) is 11.6 Å². The predicted octanol–water partition coefficient (Wildman–Crippen LogP) is 5.73. The van der Waals surface area contributed by atoms with Gasteiger partial charge in [-0.15, -0.1) is 0 Å². The first kappa shape index (κ1) is 17.3. The quantitative estimate of drug-likeness (QED) is 0.428. The van der Waals surface area contributed by atoms with Crippen LogP contribution in [0.1, 0.15) is 21.6 Å². The van der Waals surface area contributed by atoms with E-state index in [1.807, 2.05) is 54.1 Å². The van der Waals surface area contributed by atoms with E-state index in [0.717, 1.165) is 22.6 Å². The molecule has 0 unspecified atom stereocenters. The Labute approximate surface area is 162 Å². The lowest BCUT2D eigenvalue weighted by Gasteiger charge is -2.14. The summed E-state index contributed by atoms with van der Waals surface area (Å²) in [6.07, 6.45) is 3.61.